The fourth-order valence-corrected chi connectivity index (χ4v) is 4.62. The number of pyridine rings is 1. The lowest BCUT2D eigenvalue weighted by Gasteiger charge is -2.09. The molecule has 180 valence electrons. The van der Waals surface area contributed by atoms with Crippen LogP contribution in [0, 0.1) is 0 Å². The quantitative estimate of drug-likeness (QED) is 0.223. The monoisotopic (exact) mass is 542 g/mol. The number of ether oxygens (including phenoxy) is 1. The van der Waals surface area contributed by atoms with Gasteiger partial charge in [0.15, 0.2) is 5.69 Å². The number of aromatic hydroxyl groups is 1. The number of amides is 1. The zero-order valence-electron chi connectivity index (χ0n) is 19.8. The molecule has 0 fully saturated rings. The van der Waals surface area contributed by atoms with E-state index < -0.39 is 5.91 Å². The molecule has 36 heavy (non-hydrogen) atoms. The van der Waals surface area contributed by atoms with Gasteiger partial charge in [-0.25, -0.2) is 4.98 Å². The van der Waals surface area contributed by atoms with Gasteiger partial charge in [0.25, 0.3) is 5.91 Å². The van der Waals surface area contributed by atoms with Crippen molar-refractivity contribution in [1.82, 2.24) is 9.55 Å². The normalized spacial score (nSPS) is 11.5. The van der Waals surface area contributed by atoms with E-state index in [1.807, 2.05) is 61.5 Å². The van der Waals surface area contributed by atoms with Gasteiger partial charge in [-0.15, -0.1) is 10.2 Å². The van der Waals surface area contributed by atoms with E-state index in [-0.39, 0.29) is 11.6 Å². The minimum atomic E-state index is -0.543. The molecule has 0 saturated carbocycles. The highest BCUT2D eigenvalue weighted by Gasteiger charge is 2.19. The Balaban J connectivity index is 1.64. The smallest absolute Gasteiger partial charge is 0.296 e. The Morgan fingerprint density at radius 3 is 2.61 bits per heavy atom. The number of carbonyl (C=O) groups excluding carboxylic acids is 1. The van der Waals surface area contributed by atoms with Gasteiger partial charge in [0.1, 0.15) is 5.75 Å². The number of fused-ring (bicyclic) bond motifs is 2. The largest absolute Gasteiger partial charge is 0.497 e. The first-order chi connectivity index (χ1) is 17.5. The van der Waals surface area contributed by atoms with Crippen molar-refractivity contribution in [1.29, 1.82) is 0 Å². The van der Waals surface area contributed by atoms with E-state index in [9.17, 15) is 9.90 Å². The minimum Gasteiger partial charge on any atom is -0.497 e. The molecule has 0 aliphatic rings. The van der Waals surface area contributed by atoms with Gasteiger partial charge in [-0.1, -0.05) is 53.2 Å². The summed E-state index contributed by atoms with van der Waals surface area (Å²) in [6.07, 6.45) is 0.829. The van der Waals surface area contributed by atoms with Crippen molar-refractivity contribution in [3.63, 3.8) is 0 Å². The Bertz CT molecular complexity index is 1630. The maximum atomic E-state index is 13.4. The molecule has 5 aromatic rings. The van der Waals surface area contributed by atoms with E-state index in [1.165, 1.54) is 0 Å². The average Bonchev–Trinajstić information content (AvgIpc) is 3.16. The lowest BCUT2D eigenvalue weighted by Crippen LogP contribution is -1.99. The number of nitrogens with zero attached hydrogens (tertiary/aromatic N) is 4. The molecule has 0 aliphatic heterocycles. The number of benzene rings is 3. The summed E-state index contributed by atoms with van der Waals surface area (Å²) in [5.41, 5.74) is 3.60. The van der Waals surface area contributed by atoms with Crippen molar-refractivity contribution in [3.05, 3.63) is 82.8 Å². The molecule has 8 heteroatoms. The van der Waals surface area contributed by atoms with E-state index >= 15 is 0 Å². The van der Waals surface area contributed by atoms with E-state index in [0.29, 0.717) is 39.8 Å². The number of hydrogen-bond acceptors (Lipinski definition) is 5. The van der Waals surface area contributed by atoms with Crippen molar-refractivity contribution in [2.75, 3.05) is 7.11 Å². The van der Waals surface area contributed by atoms with Gasteiger partial charge in [-0.05, 0) is 48.9 Å². The van der Waals surface area contributed by atoms with Gasteiger partial charge < -0.3 is 14.4 Å². The van der Waals surface area contributed by atoms with E-state index in [0.717, 1.165) is 22.0 Å². The van der Waals surface area contributed by atoms with Crippen LogP contribution >= 0.6 is 15.9 Å². The molecule has 7 nitrogen and oxygen atoms in total. The third-order valence-corrected chi connectivity index (χ3v) is 6.47. The van der Waals surface area contributed by atoms with Crippen LogP contribution in [0.4, 0.5) is 5.69 Å². The Hall–Kier alpha value is -4.04. The molecule has 0 bridgehead atoms. The van der Waals surface area contributed by atoms with E-state index in [4.69, 9.17) is 9.72 Å². The molecule has 0 spiro atoms. The number of hydrogen-bond donors (Lipinski definition) is 1. The number of aryl methyl sites for hydroxylation is 1. The van der Waals surface area contributed by atoms with Crippen LogP contribution in [0.1, 0.15) is 23.7 Å². The van der Waals surface area contributed by atoms with E-state index in [2.05, 4.69) is 26.2 Å². The molecule has 1 amide bonds. The third kappa shape index (κ3) is 4.35. The van der Waals surface area contributed by atoms with Crippen LogP contribution in [-0.2, 0) is 6.54 Å². The topological polar surface area (TPSA) is 89.1 Å². The Labute approximate surface area is 216 Å². The van der Waals surface area contributed by atoms with Gasteiger partial charge in [-0.2, -0.15) is 0 Å². The van der Waals surface area contributed by atoms with Gasteiger partial charge in [0.2, 0.25) is 5.88 Å². The molecule has 0 aliphatic carbocycles. The fraction of sp³-hybridized carbons (Fsp3) is 0.143. The van der Waals surface area contributed by atoms with Crippen LogP contribution in [0.5, 0.6) is 11.6 Å². The highest BCUT2D eigenvalue weighted by Crippen LogP contribution is 2.40. The van der Waals surface area contributed by atoms with Crippen LogP contribution in [0.3, 0.4) is 0 Å². The second-order valence-corrected chi connectivity index (χ2v) is 9.21. The van der Waals surface area contributed by atoms with Gasteiger partial charge in [0.05, 0.1) is 29.4 Å². The van der Waals surface area contributed by atoms with Crippen LogP contribution < -0.4 is 4.74 Å². The first kappa shape index (κ1) is 23.7. The van der Waals surface area contributed by atoms with Crippen molar-refractivity contribution in [2.45, 2.75) is 19.9 Å². The standard InChI is InChI=1S/C28H23BrN4O3/c1-3-13-33-25-12-9-18(29)14-22(25)26(28(33)35)31-32-27(34)21-16-24(17-7-5-4-6-8-17)30-23-11-10-19(36-2)15-20(21)23/h4-12,14-16,35H,3,13H2,1-2H3. The Morgan fingerprint density at radius 1 is 1.06 bits per heavy atom. The molecule has 3 aromatic carbocycles. The maximum Gasteiger partial charge on any atom is 0.296 e. The molecule has 2 heterocycles. The molecule has 1 N–H and O–H groups in total. The molecular formula is C28H23BrN4O3. The van der Waals surface area contributed by atoms with E-state index in [1.54, 1.807) is 29.9 Å². The molecule has 0 atom stereocenters. The fourth-order valence-electron chi connectivity index (χ4n) is 4.26. The summed E-state index contributed by atoms with van der Waals surface area (Å²) in [4.78, 5) is 18.2. The molecule has 2 aromatic heterocycles. The van der Waals surface area contributed by atoms with Gasteiger partial charge in [-0.3, -0.25) is 4.79 Å². The number of methoxy groups -OCH3 is 1. The number of azo groups is 1. The maximum absolute atomic E-state index is 13.4. The summed E-state index contributed by atoms with van der Waals surface area (Å²) in [5.74, 6) is 0.0410. The summed E-state index contributed by atoms with van der Waals surface area (Å²) >= 11 is 3.48. The van der Waals surface area contributed by atoms with Gasteiger partial charge >= 0.3 is 0 Å². The Kier molecular flexibility index (Phi) is 6.52. The predicted molar refractivity (Wildman–Crippen MR) is 144 cm³/mol. The molecule has 0 saturated heterocycles. The summed E-state index contributed by atoms with van der Waals surface area (Å²) in [7, 11) is 1.57. The molecule has 0 radical (unpaired) electrons. The van der Waals surface area contributed by atoms with Crippen molar-refractivity contribution < 1.29 is 14.6 Å². The lowest BCUT2D eigenvalue weighted by atomic mass is 10.0. The van der Waals surface area contributed by atoms with Crippen LogP contribution in [0.25, 0.3) is 33.1 Å². The second-order valence-electron chi connectivity index (χ2n) is 8.29. The van der Waals surface area contributed by atoms with Crippen LogP contribution in [0.15, 0.2) is 87.5 Å². The SMILES string of the molecule is CCCn1c(O)c(N=NC(=O)c2cc(-c3ccccc3)nc3ccc(OC)cc23)c2cc(Br)ccc21. The first-order valence-corrected chi connectivity index (χ1v) is 12.3. The molecule has 5 rings (SSSR count). The third-order valence-electron chi connectivity index (χ3n) is 5.98. The number of carbonyl (C=O) groups is 1. The van der Waals surface area contributed by atoms with Crippen molar-refractivity contribution in [3.8, 4) is 22.9 Å². The highest BCUT2D eigenvalue weighted by atomic mass is 79.9. The second kappa shape index (κ2) is 9.91. The number of halogens is 1. The molecule has 0 unspecified atom stereocenters. The summed E-state index contributed by atoms with van der Waals surface area (Å²) in [6.45, 7) is 2.64. The van der Waals surface area contributed by atoms with Crippen LogP contribution in [-0.4, -0.2) is 27.7 Å². The minimum absolute atomic E-state index is 0.0206. The molecular weight excluding hydrogens is 520 g/mol. The number of aromatic nitrogens is 2. The van der Waals surface area contributed by atoms with Crippen molar-refractivity contribution >= 4 is 49.3 Å². The van der Waals surface area contributed by atoms with Gasteiger partial charge in [0, 0.05) is 27.4 Å². The van der Waals surface area contributed by atoms with Crippen LogP contribution in [0.2, 0.25) is 0 Å². The van der Waals surface area contributed by atoms with Crippen molar-refractivity contribution in [2.24, 2.45) is 10.2 Å². The summed E-state index contributed by atoms with van der Waals surface area (Å²) in [6, 6.07) is 22.4. The first-order valence-electron chi connectivity index (χ1n) is 11.5. The lowest BCUT2D eigenvalue weighted by molar-refractivity contribution is 0.0996. The zero-order valence-corrected chi connectivity index (χ0v) is 21.4. The Morgan fingerprint density at radius 2 is 1.86 bits per heavy atom. The highest BCUT2D eigenvalue weighted by molar-refractivity contribution is 9.10. The zero-order chi connectivity index (χ0) is 25.2. The summed E-state index contributed by atoms with van der Waals surface area (Å²) in [5, 5.41) is 20.5. The average molecular weight is 543 g/mol. The predicted octanol–water partition coefficient (Wildman–Crippen LogP) is 7.67. The summed E-state index contributed by atoms with van der Waals surface area (Å²) < 4.78 is 7.99. The number of rotatable bonds is 6.